The average molecular weight is 279 g/mol. The molecule has 0 amide bonds. The lowest BCUT2D eigenvalue weighted by Gasteiger charge is -2.32. The highest BCUT2D eigenvalue weighted by atomic mass is 16.5. The molecule has 2 rings (SSSR count). The zero-order valence-electron chi connectivity index (χ0n) is 11.8. The van der Waals surface area contributed by atoms with Crippen LogP contribution in [-0.2, 0) is 4.79 Å². The highest BCUT2D eigenvalue weighted by Gasteiger charge is 2.21. The predicted octanol–water partition coefficient (Wildman–Crippen LogP) is 1.96. The molecule has 0 radical (unpaired) electrons. The largest absolute Gasteiger partial charge is 0.481 e. The van der Waals surface area contributed by atoms with Gasteiger partial charge in [-0.1, -0.05) is 0 Å². The third-order valence-electron chi connectivity index (χ3n) is 3.60. The number of carbonyl (C=O) groups is 1. The maximum absolute atomic E-state index is 10.6. The molecule has 0 saturated carbocycles. The highest BCUT2D eigenvalue weighted by molar-refractivity contribution is 5.66. The molecule has 0 aromatic carbocycles. The van der Waals surface area contributed by atoms with Crippen LogP contribution >= 0.6 is 0 Å². The van der Waals surface area contributed by atoms with Gasteiger partial charge < -0.3 is 14.7 Å². The van der Waals surface area contributed by atoms with Crippen molar-refractivity contribution in [1.29, 1.82) is 0 Å². The summed E-state index contributed by atoms with van der Waals surface area (Å²) in [5.74, 6) is 1.19. The standard InChI is InChI=1S/C14H21N3O3/c1-2-20-13-10-15-9-12(16-13)17-7-5-11(6-8-17)3-4-14(18)19/h9-11H,2-8H2,1H3,(H,18,19). The number of rotatable bonds is 6. The van der Waals surface area contributed by atoms with E-state index in [0.717, 1.165) is 38.2 Å². The molecule has 1 aliphatic rings. The number of anilines is 1. The molecule has 0 atom stereocenters. The van der Waals surface area contributed by atoms with Crippen molar-refractivity contribution in [2.45, 2.75) is 32.6 Å². The van der Waals surface area contributed by atoms with Gasteiger partial charge in [-0.3, -0.25) is 9.78 Å². The molecule has 1 saturated heterocycles. The maximum Gasteiger partial charge on any atom is 0.303 e. The van der Waals surface area contributed by atoms with Crippen molar-refractivity contribution in [3.63, 3.8) is 0 Å². The first-order valence-electron chi connectivity index (χ1n) is 7.10. The van der Waals surface area contributed by atoms with E-state index in [1.165, 1.54) is 0 Å². The van der Waals surface area contributed by atoms with Gasteiger partial charge in [0.05, 0.1) is 19.0 Å². The Morgan fingerprint density at radius 3 is 2.85 bits per heavy atom. The second kappa shape index (κ2) is 7.07. The fourth-order valence-electron chi connectivity index (χ4n) is 2.49. The lowest BCUT2D eigenvalue weighted by molar-refractivity contribution is -0.137. The number of carboxylic acids is 1. The van der Waals surface area contributed by atoms with Gasteiger partial charge in [-0.25, -0.2) is 0 Å². The van der Waals surface area contributed by atoms with Crippen LogP contribution in [0.15, 0.2) is 12.4 Å². The van der Waals surface area contributed by atoms with Gasteiger partial charge in [-0.15, -0.1) is 0 Å². The van der Waals surface area contributed by atoms with Crippen LogP contribution in [-0.4, -0.2) is 40.7 Å². The van der Waals surface area contributed by atoms with Crippen LogP contribution in [0.3, 0.4) is 0 Å². The summed E-state index contributed by atoms with van der Waals surface area (Å²) >= 11 is 0. The van der Waals surface area contributed by atoms with Crippen LogP contribution in [0, 0.1) is 5.92 Å². The average Bonchev–Trinajstić information content (AvgIpc) is 2.46. The molecular weight excluding hydrogens is 258 g/mol. The van der Waals surface area contributed by atoms with Gasteiger partial charge in [0.15, 0.2) is 5.82 Å². The van der Waals surface area contributed by atoms with Crippen LogP contribution in [0.4, 0.5) is 5.82 Å². The fraction of sp³-hybridized carbons (Fsp3) is 0.643. The second-order valence-corrected chi connectivity index (χ2v) is 5.01. The van der Waals surface area contributed by atoms with E-state index in [9.17, 15) is 4.79 Å². The van der Waals surface area contributed by atoms with E-state index >= 15 is 0 Å². The van der Waals surface area contributed by atoms with Crippen LogP contribution < -0.4 is 9.64 Å². The smallest absolute Gasteiger partial charge is 0.303 e. The molecule has 20 heavy (non-hydrogen) atoms. The third-order valence-corrected chi connectivity index (χ3v) is 3.60. The Labute approximate surface area is 118 Å². The molecule has 0 spiro atoms. The summed E-state index contributed by atoms with van der Waals surface area (Å²) in [4.78, 5) is 21.4. The molecule has 2 heterocycles. The zero-order chi connectivity index (χ0) is 14.4. The number of hydrogen-bond donors (Lipinski definition) is 1. The van der Waals surface area contributed by atoms with Gasteiger partial charge in [0.25, 0.3) is 0 Å². The van der Waals surface area contributed by atoms with Crippen molar-refractivity contribution in [1.82, 2.24) is 9.97 Å². The first-order chi connectivity index (χ1) is 9.69. The Morgan fingerprint density at radius 1 is 1.45 bits per heavy atom. The van der Waals surface area contributed by atoms with E-state index in [1.54, 1.807) is 12.4 Å². The van der Waals surface area contributed by atoms with E-state index in [0.29, 0.717) is 18.4 Å². The predicted molar refractivity (Wildman–Crippen MR) is 75.0 cm³/mol. The molecule has 6 heteroatoms. The van der Waals surface area contributed by atoms with Crippen LogP contribution in [0.25, 0.3) is 0 Å². The Morgan fingerprint density at radius 2 is 2.20 bits per heavy atom. The van der Waals surface area contributed by atoms with Crippen molar-refractivity contribution in [2.75, 3.05) is 24.6 Å². The SMILES string of the molecule is CCOc1cncc(N2CCC(CCC(=O)O)CC2)n1. The molecule has 0 bridgehead atoms. The number of hydrogen-bond acceptors (Lipinski definition) is 5. The van der Waals surface area contributed by atoms with Gasteiger partial charge >= 0.3 is 5.97 Å². The Balaban J connectivity index is 1.86. The lowest BCUT2D eigenvalue weighted by Crippen LogP contribution is -2.34. The molecule has 1 fully saturated rings. The summed E-state index contributed by atoms with van der Waals surface area (Å²) in [6, 6.07) is 0. The van der Waals surface area contributed by atoms with E-state index in [-0.39, 0.29) is 6.42 Å². The normalized spacial score (nSPS) is 16.1. The van der Waals surface area contributed by atoms with Crippen molar-refractivity contribution in [2.24, 2.45) is 5.92 Å². The molecule has 6 nitrogen and oxygen atoms in total. The topological polar surface area (TPSA) is 75.5 Å². The van der Waals surface area contributed by atoms with Gasteiger partial charge in [0.2, 0.25) is 5.88 Å². The zero-order valence-corrected chi connectivity index (χ0v) is 11.8. The van der Waals surface area contributed by atoms with Crippen molar-refractivity contribution < 1.29 is 14.6 Å². The molecule has 1 N–H and O–H groups in total. The quantitative estimate of drug-likeness (QED) is 0.858. The molecule has 1 aliphatic heterocycles. The minimum Gasteiger partial charge on any atom is -0.481 e. The van der Waals surface area contributed by atoms with Crippen molar-refractivity contribution in [3.05, 3.63) is 12.4 Å². The fourth-order valence-corrected chi connectivity index (χ4v) is 2.49. The van der Waals surface area contributed by atoms with E-state index in [1.807, 2.05) is 6.92 Å². The van der Waals surface area contributed by atoms with Crippen LogP contribution in [0.2, 0.25) is 0 Å². The first kappa shape index (κ1) is 14.6. The molecule has 1 aromatic heterocycles. The number of nitrogens with zero attached hydrogens (tertiary/aromatic N) is 3. The Kier molecular flexibility index (Phi) is 5.15. The molecule has 0 aliphatic carbocycles. The van der Waals surface area contributed by atoms with Gasteiger partial charge in [-0.2, -0.15) is 4.98 Å². The van der Waals surface area contributed by atoms with Crippen molar-refractivity contribution in [3.8, 4) is 5.88 Å². The molecule has 0 unspecified atom stereocenters. The molecular formula is C14H21N3O3. The first-order valence-corrected chi connectivity index (χ1v) is 7.10. The minimum absolute atomic E-state index is 0.268. The van der Waals surface area contributed by atoms with E-state index in [4.69, 9.17) is 9.84 Å². The number of ether oxygens (including phenoxy) is 1. The monoisotopic (exact) mass is 279 g/mol. The lowest BCUT2D eigenvalue weighted by atomic mass is 9.92. The molecule has 110 valence electrons. The highest BCUT2D eigenvalue weighted by Crippen LogP contribution is 2.25. The summed E-state index contributed by atoms with van der Waals surface area (Å²) in [6.45, 7) is 4.29. The van der Waals surface area contributed by atoms with E-state index < -0.39 is 5.97 Å². The summed E-state index contributed by atoms with van der Waals surface area (Å²) < 4.78 is 5.36. The van der Waals surface area contributed by atoms with Gasteiger partial charge in [0.1, 0.15) is 0 Å². The maximum atomic E-state index is 10.6. The number of aromatic nitrogens is 2. The minimum atomic E-state index is -0.706. The summed E-state index contributed by atoms with van der Waals surface area (Å²) in [7, 11) is 0. The van der Waals surface area contributed by atoms with E-state index in [2.05, 4.69) is 14.9 Å². The van der Waals surface area contributed by atoms with Crippen LogP contribution in [0.1, 0.15) is 32.6 Å². The Hall–Kier alpha value is -1.85. The Bertz CT molecular complexity index is 445. The summed E-state index contributed by atoms with van der Waals surface area (Å²) in [6.07, 6.45) is 6.42. The summed E-state index contributed by atoms with van der Waals surface area (Å²) in [5, 5.41) is 8.71. The second-order valence-electron chi connectivity index (χ2n) is 5.01. The van der Waals surface area contributed by atoms with Crippen molar-refractivity contribution >= 4 is 11.8 Å². The van der Waals surface area contributed by atoms with Gasteiger partial charge in [0, 0.05) is 19.5 Å². The van der Waals surface area contributed by atoms with Crippen LogP contribution in [0.5, 0.6) is 5.88 Å². The summed E-state index contributed by atoms with van der Waals surface area (Å²) in [5.41, 5.74) is 0. The number of aliphatic carboxylic acids is 1. The number of piperidine rings is 1. The van der Waals surface area contributed by atoms with Gasteiger partial charge in [-0.05, 0) is 32.1 Å². The third kappa shape index (κ3) is 4.08. The number of carboxylic acid groups (broad SMARTS) is 1. The molecule has 1 aromatic rings.